The Morgan fingerprint density at radius 2 is 1.60 bits per heavy atom. The summed E-state index contributed by atoms with van der Waals surface area (Å²) >= 11 is 0. The fourth-order valence-corrected chi connectivity index (χ4v) is 3.52. The molecule has 0 aliphatic heterocycles. The predicted molar refractivity (Wildman–Crippen MR) is 124 cm³/mol. The average molecular weight is 405 g/mol. The number of nitrogens with zero attached hydrogens (tertiary/aromatic N) is 1. The number of fused-ring (bicyclic) bond motifs is 1. The van der Waals surface area contributed by atoms with Crippen LogP contribution >= 0.6 is 0 Å². The number of rotatable bonds is 8. The maximum Gasteiger partial charge on any atom is 0.257 e. The van der Waals surface area contributed by atoms with Crippen molar-refractivity contribution in [2.24, 2.45) is 11.1 Å². The Bertz CT molecular complexity index is 977. The summed E-state index contributed by atoms with van der Waals surface area (Å²) in [6, 6.07) is 22.0. The first-order chi connectivity index (χ1) is 14.4. The standard InChI is InChI=1S/C26H32N2O2/c1-26(2,3)19-28(15-9-14-27)25(29)23-16-21-12-7-8-13-22(21)17-24(23)30-18-20-10-5-4-6-11-20/h4-8,10-13,16-17H,9,14-15,18-19,27H2,1-3H3. The van der Waals surface area contributed by atoms with Crippen molar-refractivity contribution in [3.8, 4) is 5.75 Å². The van der Waals surface area contributed by atoms with E-state index in [-0.39, 0.29) is 11.3 Å². The van der Waals surface area contributed by atoms with Crippen molar-refractivity contribution < 1.29 is 9.53 Å². The lowest BCUT2D eigenvalue weighted by atomic mass is 9.95. The highest BCUT2D eigenvalue weighted by Gasteiger charge is 2.24. The minimum atomic E-state index is -0.00777. The predicted octanol–water partition coefficient (Wildman–Crippen LogP) is 5.26. The molecule has 30 heavy (non-hydrogen) atoms. The summed E-state index contributed by atoms with van der Waals surface area (Å²) in [7, 11) is 0. The highest BCUT2D eigenvalue weighted by molar-refractivity contribution is 6.01. The van der Waals surface area contributed by atoms with E-state index in [0.29, 0.717) is 37.6 Å². The van der Waals surface area contributed by atoms with Crippen LogP contribution in [0.5, 0.6) is 5.75 Å². The van der Waals surface area contributed by atoms with Gasteiger partial charge in [-0.05, 0) is 46.8 Å². The summed E-state index contributed by atoms with van der Waals surface area (Å²) < 4.78 is 6.17. The van der Waals surface area contributed by atoms with Crippen LogP contribution in [0.1, 0.15) is 43.1 Å². The molecule has 3 rings (SSSR count). The van der Waals surface area contributed by atoms with Crippen molar-refractivity contribution in [2.45, 2.75) is 33.8 Å². The summed E-state index contributed by atoms with van der Waals surface area (Å²) in [4.78, 5) is 15.5. The summed E-state index contributed by atoms with van der Waals surface area (Å²) in [5.74, 6) is 0.612. The molecule has 3 aromatic carbocycles. The highest BCUT2D eigenvalue weighted by Crippen LogP contribution is 2.29. The second kappa shape index (κ2) is 9.77. The van der Waals surface area contributed by atoms with E-state index in [1.807, 2.05) is 71.6 Å². The molecule has 2 N–H and O–H groups in total. The number of carbonyl (C=O) groups is 1. The Morgan fingerprint density at radius 1 is 0.967 bits per heavy atom. The third kappa shape index (κ3) is 5.83. The molecule has 0 heterocycles. The molecule has 0 radical (unpaired) electrons. The van der Waals surface area contributed by atoms with Crippen LogP contribution < -0.4 is 10.5 Å². The molecule has 0 aliphatic rings. The van der Waals surface area contributed by atoms with Gasteiger partial charge in [-0.2, -0.15) is 0 Å². The Hall–Kier alpha value is -2.85. The number of amides is 1. The van der Waals surface area contributed by atoms with Crippen molar-refractivity contribution in [3.63, 3.8) is 0 Å². The fourth-order valence-electron chi connectivity index (χ4n) is 3.52. The number of benzene rings is 3. The Balaban J connectivity index is 1.96. The maximum absolute atomic E-state index is 13.6. The van der Waals surface area contributed by atoms with E-state index in [1.54, 1.807) is 0 Å². The lowest BCUT2D eigenvalue weighted by molar-refractivity contribution is 0.0690. The molecule has 158 valence electrons. The number of ether oxygens (including phenoxy) is 1. The van der Waals surface area contributed by atoms with E-state index < -0.39 is 0 Å². The van der Waals surface area contributed by atoms with Crippen LogP contribution in [0.2, 0.25) is 0 Å². The molecule has 1 amide bonds. The Labute approximate surface area is 179 Å². The van der Waals surface area contributed by atoms with Gasteiger partial charge in [0, 0.05) is 13.1 Å². The summed E-state index contributed by atoms with van der Waals surface area (Å²) in [6.07, 6.45) is 0.773. The topological polar surface area (TPSA) is 55.6 Å². The van der Waals surface area contributed by atoms with E-state index in [4.69, 9.17) is 10.5 Å². The van der Waals surface area contributed by atoms with Gasteiger partial charge in [0.25, 0.3) is 5.91 Å². The molecule has 0 spiro atoms. The van der Waals surface area contributed by atoms with E-state index in [9.17, 15) is 4.79 Å². The van der Waals surface area contributed by atoms with Crippen molar-refractivity contribution in [1.82, 2.24) is 4.90 Å². The zero-order valence-electron chi connectivity index (χ0n) is 18.2. The quantitative estimate of drug-likeness (QED) is 0.557. The van der Waals surface area contributed by atoms with Crippen molar-refractivity contribution in [2.75, 3.05) is 19.6 Å². The van der Waals surface area contributed by atoms with Gasteiger partial charge in [-0.3, -0.25) is 4.79 Å². The third-order valence-electron chi connectivity index (χ3n) is 4.90. The minimum Gasteiger partial charge on any atom is -0.488 e. The van der Waals surface area contributed by atoms with E-state index in [2.05, 4.69) is 20.8 Å². The largest absolute Gasteiger partial charge is 0.488 e. The molecule has 0 unspecified atom stereocenters. The van der Waals surface area contributed by atoms with Crippen LogP contribution in [0.3, 0.4) is 0 Å². The zero-order chi connectivity index (χ0) is 21.6. The molecule has 4 nitrogen and oxygen atoms in total. The van der Waals surface area contributed by atoms with Gasteiger partial charge in [0.15, 0.2) is 0 Å². The van der Waals surface area contributed by atoms with Gasteiger partial charge in [0.2, 0.25) is 0 Å². The van der Waals surface area contributed by atoms with Crippen molar-refractivity contribution in [3.05, 3.63) is 77.9 Å². The maximum atomic E-state index is 13.6. The minimum absolute atomic E-state index is 0.00723. The monoisotopic (exact) mass is 404 g/mol. The van der Waals surface area contributed by atoms with Crippen LogP contribution in [0.15, 0.2) is 66.7 Å². The second-order valence-corrected chi connectivity index (χ2v) is 8.90. The number of nitrogens with two attached hydrogens (primary N) is 1. The van der Waals surface area contributed by atoms with Gasteiger partial charge >= 0.3 is 0 Å². The van der Waals surface area contributed by atoms with E-state index >= 15 is 0 Å². The number of hydrogen-bond donors (Lipinski definition) is 1. The van der Waals surface area contributed by atoms with Crippen LogP contribution in [-0.4, -0.2) is 30.4 Å². The molecule has 4 heteroatoms. The van der Waals surface area contributed by atoms with Gasteiger partial charge in [-0.15, -0.1) is 0 Å². The first kappa shape index (κ1) is 21.8. The molecule has 3 aromatic rings. The number of carbonyl (C=O) groups excluding carboxylic acids is 1. The molecule has 0 bridgehead atoms. The van der Waals surface area contributed by atoms with Crippen molar-refractivity contribution in [1.29, 1.82) is 0 Å². The molecule has 0 fully saturated rings. The van der Waals surface area contributed by atoms with Gasteiger partial charge in [0.05, 0.1) is 5.56 Å². The van der Waals surface area contributed by atoms with Gasteiger partial charge in [0.1, 0.15) is 12.4 Å². The fraction of sp³-hybridized carbons (Fsp3) is 0.346. The molecule has 0 saturated heterocycles. The Kier molecular flexibility index (Phi) is 7.11. The molecular formula is C26H32N2O2. The average Bonchev–Trinajstić information content (AvgIpc) is 2.74. The first-order valence-corrected chi connectivity index (χ1v) is 10.6. The summed E-state index contributed by atoms with van der Waals surface area (Å²) in [5, 5.41) is 2.09. The lowest BCUT2D eigenvalue weighted by Gasteiger charge is -2.30. The molecule has 0 aromatic heterocycles. The summed E-state index contributed by atoms with van der Waals surface area (Å²) in [6.45, 7) is 8.70. The van der Waals surface area contributed by atoms with Gasteiger partial charge in [-0.25, -0.2) is 0 Å². The molecule has 0 saturated carbocycles. The normalized spacial score (nSPS) is 11.5. The second-order valence-electron chi connectivity index (χ2n) is 8.90. The van der Waals surface area contributed by atoms with Crippen LogP contribution in [0, 0.1) is 5.41 Å². The van der Waals surface area contributed by atoms with Crippen LogP contribution in [-0.2, 0) is 6.61 Å². The van der Waals surface area contributed by atoms with Gasteiger partial charge in [-0.1, -0.05) is 75.4 Å². The Morgan fingerprint density at radius 3 is 2.23 bits per heavy atom. The molecule has 0 atom stereocenters. The van der Waals surface area contributed by atoms with E-state index in [0.717, 1.165) is 22.8 Å². The van der Waals surface area contributed by atoms with Crippen LogP contribution in [0.25, 0.3) is 10.8 Å². The zero-order valence-corrected chi connectivity index (χ0v) is 18.2. The smallest absolute Gasteiger partial charge is 0.257 e. The molecular weight excluding hydrogens is 372 g/mol. The lowest BCUT2D eigenvalue weighted by Crippen LogP contribution is -2.39. The number of hydrogen-bond acceptors (Lipinski definition) is 3. The third-order valence-corrected chi connectivity index (χ3v) is 4.90. The highest BCUT2D eigenvalue weighted by atomic mass is 16.5. The SMILES string of the molecule is CC(C)(C)CN(CCCN)C(=O)c1cc2ccccc2cc1OCc1ccccc1. The van der Waals surface area contributed by atoms with Crippen LogP contribution in [0.4, 0.5) is 0 Å². The first-order valence-electron chi connectivity index (χ1n) is 10.6. The van der Waals surface area contributed by atoms with Gasteiger partial charge < -0.3 is 15.4 Å². The van der Waals surface area contributed by atoms with Crippen molar-refractivity contribution >= 4 is 16.7 Å². The molecule has 0 aliphatic carbocycles. The summed E-state index contributed by atoms with van der Waals surface area (Å²) in [5.41, 5.74) is 7.40. The van der Waals surface area contributed by atoms with E-state index in [1.165, 1.54) is 0 Å².